The summed E-state index contributed by atoms with van der Waals surface area (Å²) in [4.78, 5) is 16.5. The molecular weight excluding hydrogens is 370 g/mol. The summed E-state index contributed by atoms with van der Waals surface area (Å²) in [5.41, 5.74) is 2.06. The van der Waals surface area contributed by atoms with Crippen molar-refractivity contribution in [1.82, 2.24) is 9.55 Å². The second-order valence-electron chi connectivity index (χ2n) is 8.57. The Bertz CT molecular complexity index is 722. The molecule has 1 N–H and O–H groups in total. The van der Waals surface area contributed by atoms with Gasteiger partial charge in [0.25, 0.3) is 0 Å². The molecule has 0 radical (unpaired) electrons. The van der Waals surface area contributed by atoms with Crippen LogP contribution in [0.15, 0.2) is 24.3 Å². The van der Waals surface area contributed by atoms with Crippen LogP contribution in [0.2, 0.25) is 0 Å². The Morgan fingerprint density at radius 3 is 1.90 bits per heavy atom. The lowest BCUT2D eigenvalue weighted by molar-refractivity contribution is -0.115. The first-order chi connectivity index (χ1) is 14.8. The van der Waals surface area contributed by atoms with Crippen molar-refractivity contribution in [3.63, 3.8) is 0 Å². The first kappa shape index (κ1) is 24.4. The number of hydrogen-bond acceptors (Lipinski definition) is 2. The summed E-state index contributed by atoms with van der Waals surface area (Å²) < 4.78 is 2.17. The Hall–Kier alpha value is -1.84. The molecule has 1 aromatic heterocycles. The van der Waals surface area contributed by atoms with Gasteiger partial charge in [0.05, 0.1) is 11.0 Å². The maximum Gasteiger partial charge on any atom is 0.226 e. The molecule has 0 spiro atoms. The first-order valence-corrected chi connectivity index (χ1v) is 12.5. The normalized spacial score (nSPS) is 11.3. The van der Waals surface area contributed by atoms with Gasteiger partial charge in [-0.25, -0.2) is 4.98 Å². The molecule has 0 saturated heterocycles. The standard InChI is InChI=1S/C26H43N3O/c1-3-5-6-7-8-9-10-11-12-13-14-15-16-19-22-29-24-21-18-17-20-23(24)27-26(29)28-25(30)4-2/h17-18,20-21H,3-16,19,22H2,1-2H3,(H,27,28,30). The van der Waals surface area contributed by atoms with Crippen molar-refractivity contribution in [1.29, 1.82) is 0 Å². The molecule has 1 aromatic carbocycles. The number of para-hydroxylation sites is 2. The van der Waals surface area contributed by atoms with E-state index < -0.39 is 0 Å². The van der Waals surface area contributed by atoms with Gasteiger partial charge in [-0.1, -0.05) is 109 Å². The van der Waals surface area contributed by atoms with Crippen molar-refractivity contribution < 1.29 is 4.79 Å². The van der Waals surface area contributed by atoms with Gasteiger partial charge in [-0.3, -0.25) is 10.1 Å². The molecule has 0 aliphatic rings. The molecule has 30 heavy (non-hydrogen) atoms. The zero-order chi connectivity index (χ0) is 21.4. The van der Waals surface area contributed by atoms with Crippen LogP contribution in [0, 0.1) is 0 Å². The molecule has 0 atom stereocenters. The number of hydrogen-bond donors (Lipinski definition) is 1. The summed E-state index contributed by atoms with van der Waals surface area (Å²) in [5.74, 6) is 0.713. The fraction of sp³-hybridized carbons (Fsp3) is 0.692. The number of aryl methyl sites for hydroxylation is 1. The van der Waals surface area contributed by atoms with E-state index in [-0.39, 0.29) is 5.91 Å². The predicted octanol–water partition coefficient (Wildman–Crippen LogP) is 7.87. The molecule has 0 saturated carbocycles. The summed E-state index contributed by atoms with van der Waals surface area (Å²) in [6.45, 7) is 5.07. The molecule has 1 heterocycles. The van der Waals surface area contributed by atoms with Crippen LogP contribution in [-0.4, -0.2) is 15.5 Å². The van der Waals surface area contributed by atoms with E-state index in [9.17, 15) is 4.79 Å². The molecule has 2 aromatic rings. The van der Waals surface area contributed by atoms with Gasteiger partial charge in [0, 0.05) is 13.0 Å². The third kappa shape index (κ3) is 8.89. The minimum Gasteiger partial charge on any atom is -0.310 e. The number of amides is 1. The molecule has 1 amide bonds. The van der Waals surface area contributed by atoms with E-state index in [1.54, 1.807) is 0 Å². The zero-order valence-electron chi connectivity index (χ0n) is 19.4. The van der Waals surface area contributed by atoms with Crippen LogP contribution >= 0.6 is 0 Å². The van der Waals surface area contributed by atoms with Gasteiger partial charge in [-0.05, 0) is 18.6 Å². The van der Waals surface area contributed by atoms with Gasteiger partial charge < -0.3 is 4.57 Å². The number of rotatable bonds is 17. The molecule has 0 aliphatic carbocycles. The topological polar surface area (TPSA) is 46.9 Å². The average Bonchev–Trinajstić information content (AvgIpc) is 3.10. The van der Waals surface area contributed by atoms with Gasteiger partial charge in [0.15, 0.2) is 0 Å². The van der Waals surface area contributed by atoms with Crippen LogP contribution in [0.4, 0.5) is 5.95 Å². The first-order valence-electron chi connectivity index (χ1n) is 12.5. The quantitative estimate of drug-likeness (QED) is 0.268. The summed E-state index contributed by atoms with van der Waals surface area (Å²) in [6.07, 6.45) is 19.6. The lowest BCUT2D eigenvalue weighted by Gasteiger charge is -2.10. The molecule has 0 unspecified atom stereocenters. The van der Waals surface area contributed by atoms with E-state index in [4.69, 9.17) is 0 Å². The fourth-order valence-corrected chi connectivity index (χ4v) is 4.07. The van der Waals surface area contributed by atoms with Crippen molar-refractivity contribution in [2.45, 2.75) is 117 Å². The highest BCUT2D eigenvalue weighted by Gasteiger charge is 2.11. The fourth-order valence-electron chi connectivity index (χ4n) is 4.07. The smallest absolute Gasteiger partial charge is 0.226 e. The van der Waals surface area contributed by atoms with Crippen LogP contribution in [-0.2, 0) is 11.3 Å². The Kier molecular flexibility index (Phi) is 12.2. The predicted molar refractivity (Wildman–Crippen MR) is 129 cm³/mol. The highest BCUT2D eigenvalue weighted by molar-refractivity contribution is 5.91. The van der Waals surface area contributed by atoms with E-state index in [2.05, 4.69) is 27.9 Å². The van der Waals surface area contributed by atoms with Crippen molar-refractivity contribution in [2.24, 2.45) is 0 Å². The maximum absolute atomic E-state index is 11.8. The number of carbonyl (C=O) groups is 1. The highest BCUT2D eigenvalue weighted by atomic mass is 16.1. The molecule has 168 valence electrons. The van der Waals surface area contributed by atoms with E-state index in [1.165, 1.54) is 83.5 Å². The molecule has 4 heteroatoms. The van der Waals surface area contributed by atoms with E-state index in [0.717, 1.165) is 24.0 Å². The summed E-state index contributed by atoms with van der Waals surface area (Å²) in [5, 5.41) is 2.96. The Labute approximate surface area is 183 Å². The van der Waals surface area contributed by atoms with Gasteiger partial charge in [-0.15, -0.1) is 0 Å². The minimum absolute atomic E-state index is 0.0208. The van der Waals surface area contributed by atoms with E-state index >= 15 is 0 Å². The Morgan fingerprint density at radius 2 is 1.33 bits per heavy atom. The van der Waals surface area contributed by atoms with Gasteiger partial charge in [-0.2, -0.15) is 0 Å². The number of benzene rings is 1. The third-order valence-electron chi connectivity index (χ3n) is 5.96. The number of aromatic nitrogens is 2. The largest absolute Gasteiger partial charge is 0.310 e. The molecule has 0 aliphatic heterocycles. The third-order valence-corrected chi connectivity index (χ3v) is 5.96. The monoisotopic (exact) mass is 413 g/mol. The van der Waals surface area contributed by atoms with E-state index in [0.29, 0.717) is 12.4 Å². The minimum atomic E-state index is 0.0208. The number of imidazole rings is 1. The van der Waals surface area contributed by atoms with Crippen molar-refractivity contribution >= 4 is 22.9 Å². The van der Waals surface area contributed by atoms with Crippen molar-refractivity contribution in [3.8, 4) is 0 Å². The van der Waals surface area contributed by atoms with Crippen molar-refractivity contribution in [2.75, 3.05) is 5.32 Å². The zero-order valence-corrected chi connectivity index (χ0v) is 19.4. The SMILES string of the molecule is CCCCCCCCCCCCCCCCn1c(NC(=O)CC)nc2ccccc21. The average molecular weight is 414 g/mol. The number of carbonyl (C=O) groups excluding carboxylic acids is 1. The molecule has 0 bridgehead atoms. The van der Waals surface area contributed by atoms with Gasteiger partial charge >= 0.3 is 0 Å². The molecule has 4 nitrogen and oxygen atoms in total. The van der Waals surface area contributed by atoms with Crippen molar-refractivity contribution in [3.05, 3.63) is 24.3 Å². The summed E-state index contributed by atoms with van der Waals surface area (Å²) >= 11 is 0. The Morgan fingerprint density at radius 1 is 0.800 bits per heavy atom. The highest BCUT2D eigenvalue weighted by Crippen LogP contribution is 2.21. The maximum atomic E-state index is 11.8. The number of unbranched alkanes of at least 4 members (excludes halogenated alkanes) is 13. The summed E-state index contributed by atoms with van der Waals surface area (Å²) in [7, 11) is 0. The number of fused-ring (bicyclic) bond motifs is 1. The number of anilines is 1. The number of nitrogens with one attached hydrogen (secondary N) is 1. The van der Waals surface area contributed by atoms with Crippen LogP contribution in [0.25, 0.3) is 11.0 Å². The second-order valence-corrected chi connectivity index (χ2v) is 8.57. The van der Waals surface area contributed by atoms with Crippen LogP contribution in [0.3, 0.4) is 0 Å². The van der Waals surface area contributed by atoms with Crippen LogP contribution in [0.5, 0.6) is 0 Å². The van der Waals surface area contributed by atoms with E-state index in [1.807, 2.05) is 25.1 Å². The lowest BCUT2D eigenvalue weighted by atomic mass is 10.0. The van der Waals surface area contributed by atoms with Gasteiger partial charge in [0.1, 0.15) is 0 Å². The van der Waals surface area contributed by atoms with Crippen LogP contribution < -0.4 is 5.32 Å². The lowest BCUT2D eigenvalue weighted by Crippen LogP contribution is -2.14. The second kappa shape index (κ2) is 15.0. The van der Waals surface area contributed by atoms with Crippen LogP contribution in [0.1, 0.15) is 110 Å². The number of nitrogens with zero attached hydrogens (tertiary/aromatic N) is 2. The molecule has 0 fully saturated rings. The molecule has 2 rings (SSSR count). The van der Waals surface area contributed by atoms with Gasteiger partial charge in [0.2, 0.25) is 11.9 Å². The molecular formula is C26H43N3O. The summed E-state index contributed by atoms with van der Waals surface area (Å²) in [6, 6.07) is 8.14. The Balaban J connectivity index is 1.58.